The van der Waals surface area contributed by atoms with Crippen LogP contribution in [0.1, 0.15) is 0 Å². The van der Waals surface area contributed by atoms with E-state index in [1.165, 1.54) is 5.30 Å². The molecule has 0 N–H and O–H groups in total. The summed E-state index contributed by atoms with van der Waals surface area (Å²) in [6.07, 6.45) is 0. The van der Waals surface area contributed by atoms with Crippen molar-refractivity contribution < 1.29 is 20.4 Å². The van der Waals surface area contributed by atoms with Gasteiger partial charge in [-0.15, -0.1) is 34.1 Å². The Morgan fingerprint density at radius 3 is 1.50 bits per heavy atom. The van der Waals surface area contributed by atoms with Crippen molar-refractivity contribution >= 4 is 39.4 Å². The Balaban J connectivity index is -0.000000163. The minimum Gasteiger partial charge on any atom is -0.147 e. The second-order valence-electron chi connectivity index (χ2n) is 1.41. The Labute approximate surface area is 89.8 Å². The molecule has 1 atom stereocenters. The van der Waals surface area contributed by atoms with Gasteiger partial charge in [0.1, 0.15) is 0 Å². The Morgan fingerprint density at radius 2 is 1.30 bits per heavy atom. The summed E-state index contributed by atoms with van der Waals surface area (Å²) in [5.74, 6) is 0. The summed E-state index contributed by atoms with van der Waals surface area (Å²) in [7, 11) is 2.63. The molecule has 1 unspecified atom stereocenters. The first-order valence-electron chi connectivity index (χ1n) is 2.20. The van der Waals surface area contributed by atoms with Gasteiger partial charge >= 0.3 is 0 Å². The van der Waals surface area contributed by atoms with Gasteiger partial charge in [0.2, 0.25) is 0 Å². The van der Waals surface area contributed by atoms with Gasteiger partial charge in [-0.25, -0.2) is 0 Å². The van der Waals surface area contributed by atoms with E-state index in [1.807, 2.05) is 30.3 Å². The quantitative estimate of drug-likeness (QED) is 0.506. The van der Waals surface area contributed by atoms with Crippen LogP contribution in [0, 0.1) is 0 Å². The molecule has 0 saturated carbocycles. The van der Waals surface area contributed by atoms with Gasteiger partial charge in [0.05, 0.1) is 0 Å². The fourth-order valence-corrected chi connectivity index (χ4v) is 0.675. The Bertz CT molecular complexity index is 146. The van der Waals surface area contributed by atoms with Gasteiger partial charge in [-0.05, 0) is 5.30 Å². The van der Waals surface area contributed by atoms with Crippen molar-refractivity contribution in [3.8, 4) is 0 Å². The Hall–Kier alpha value is 0.892. The summed E-state index contributed by atoms with van der Waals surface area (Å²) in [6.45, 7) is 0. The Kier molecular flexibility index (Phi) is 16.9. The van der Waals surface area contributed by atoms with Crippen LogP contribution in [0.4, 0.5) is 0 Å². The van der Waals surface area contributed by atoms with E-state index in [9.17, 15) is 0 Å². The zero-order chi connectivity index (χ0) is 5.11. The van der Waals surface area contributed by atoms with Crippen LogP contribution in [0.3, 0.4) is 0 Å². The molecule has 0 radical (unpaired) electrons. The summed E-state index contributed by atoms with van der Waals surface area (Å²) < 4.78 is 0. The molecule has 1 rings (SSSR count). The van der Waals surface area contributed by atoms with Gasteiger partial charge in [0, 0.05) is 20.4 Å². The fourth-order valence-electron chi connectivity index (χ4n) is 0.453. The minimum atomic E-state index is 0. The van der Waals surface area contributed by atoms with Crippen LogP contribution in [0.25, 0.3) is 0 Å². The molecule has 1 aromatic carbocycles. The summed E-state index contributed by atoms with van der Waals surface area (Å²) in [4.78, 5) is 0. The Morgan fingerprint density at radius 1 is 0.900 bits per heavy atom. The summed E-state index contributed by atoms with van der Waals surface area (Å²) in [5.41, 5.74) is 0. The first-order chi connectivity index (χ1) is 3.39. The van der Waals surface area contributed by atoms with Crippen molar-refractivity contribution in [3.63, 3.8) is 0 Å². The second kappa shape index (κ2) is 9.89. The summed E-state index contributed by atoms with van der Waals surface area (Å²) in [5, 5.41) is 1.24. The van der Waals surface area contributed by atoms with Crippen LogP contribution in [-0.2, 0) is 20.4 Å². The molecule has 1 aromatic rings. The summed E-state index contributed by atoms with van der Waals surface area (Å²) in [6, 6.07) is 10.1. The van der Waals surface area contributed by atoms with Crippen molar-refractivity contribution in [2.75, 3.05) is 0 Å². The number of benzene rings is 1. The van der Waals surface area contributed by atoms with Gasteiger partial charge in [-0.1, -0.05) is 30.3 Å². The largest absolute Gasteiger partial charge is 0.147 e. The van der Waals surface area contributed by atoms with Crippen LogP contribution in [0.5, 0.6) is 0 Å². The SMILES string of the molecule is Cl.Cl.Pc1ccccc1.[Pd]. The molecule has 0 heterocycles. The van der Waals surface area contributed by atoms with Gasteiger partial charge in [0.25, 0.3) is 0 Å². The van der Waals surface area contributed by atoms with Crippen LogP contribution in [-0.4, -0.2) is 0 Å². The molecular weight excluding hydrogens is 280 g/mol. The molecule has 0 nitrogen and oxygen atoms in total. The third-order valence-electron chi connectivity index (χ3n) is 0.800. The van der Waals surface area contributed by atoms with E-state index in [2.05, 4.69) is 9.24 Å². The van der Waals surface area contributed by atoms with Gasteiger partial charge in [-0.2, -0.15) is 0 Å². The molecule has 0 aliphatic heterocycles. The zero-order valence-corrected chi connectivity index (χ0v) is 9.44. The first-order valence-corrected chi connectivity index (χ1v) is 2.78. The molecule has 0 fully saturated rings. The van der Waals surface area contributed by atoms with E-state index in [0.29, 0.717) is 0 Å². The maximum atomic E-state index is 2.63. The molecule has 0 aliphatic carbocycles. The van der Waals surface area contributed by atoms with Crippen LogP contribution in [0.2, 0.25) is 0 Å². The maximum Gasteiger partial charge on any atom is 0 e. The molecule has 0 aromatic heterocycles. The molecule has 4 heteroatoms. The van der Waals surface area contributed by atoms with Gasteiger partial charge in [0.15, 0.2) is 0 Å². The van der Waals surface area contributed by atoms with Crippen molar-refractivity contribution in [1.82, 2.24) is 0 Å². The van der Waals surface area contributed by atoms with Gasteiger partial charge in [-0.3, -0.25) is 0 Å². The monoisotopic (exact) mass is 288 g/mol. The zero-order valence-electron chi connectivity index (χ0n) is 5.10. The molecule has 10 heavy (non-hydrogen) atoms. The molecule has 62 valence electrons. The molecule has 0 bridgehead atoms. The van der Waals surface area contributed by atoms with Crippen LogP contribution >= 0.6 is 34.1 Å². The minimum absolute atomic E-state index is 0. The molecule has 0 saturated heterocycles. The van der Waals surface area contributed by atoms with E-state index in [4.69, 9.17) is 0 Å². The van der Waals surface area contributed by atoms with Crippen molar-refractivity contribution in [3.05, 3.63) is 30.3 Å². The van der Waals surface area contributed by atoms with E-state index in [0.717, 1.165) is 0 Å². The number of rotatable bonds is 0. The average Bonchev–Trinajstić information content (AvgIpc) is 1.69. The van der Waals surface area contributed by atoms with Crippen molar-refractivity contribution in [1.29, 1.82) is 0 Å². The topological polar surface area (TPSA) is 0 Å². The van der Waals surface area contributed by atoms with Gasteiger partial charge < -0.3 is 0 Å². The molecular formula is C6H9Cl2PPd. The van der Waals surface area contributed by atoms with E-state index >= 15 is 0 Å². The average molecular weight is 289 g/mol. The van der Waals surface area contributed by atoms with Crippen molar-refractivity contribution in [2.24, 2.45) is 0 Å². The normalized spacial score (nSPS) is 6.10. The van der Waals surface area contributed by atoms with Crippen molar-refractivity contribution in [2.45, 2.75) is 0 Å². The van der Waals surface area contributed by atoms with E-state index in [1.54, 1.807) is 0 Å². The fraction of sp³-hybridized carbons (Fsp3) is 0. The molecule has 0 aliphatic rings. The predicted molar refractivity (Wildman–Crippen MR) is 50.3 cm³/mol. The number of halogens is 2. The smallest absolute Gasteiger partial charge is 0 e. The third kappa shape index (κ3) is 7.00. The van der Waals surface area contributed by atoms with Crippen LogP contribution in [0.15, 0.2) is 30.3 Å². The molecule has 0 amide bonds. The predicted octanol–water partition coefficient (Wildman–Crippen LogP) is 2.03. The van der Waals surface area contributed by atoms with E-state index in [-0.39, 0.29) is 45.2 Å². The van der Waals surface area contributed by atoms with E-state index < -0.39 is 0 Å². The van der Waals surface area contributed by atoms with Crippen LogP contribution < -0.4 is 5.30 Å². The third-order valence-corrected chi connectivity index (χ3v) is 1.18. The second-order valence-corrected chi connectivity index (χ2v) is 2.08. The summed E-state index contributed by atoms with van der Waals surface area (Å²) >= 11 is 0. The molecule has 0 spiro atoms. The standard InChI is InChI=1S/C6H7P.2ClH.Pd/c7-6-4-2-1-3-5-6;;;/h1-5H,7H2;2*1H;. The number of hydrogen-bond acceptors (Lipinski definition) is 0. The first kappa shape index (κ1) is 17.1. The number of hydrogen-bond donors (Lipinski definition) is 0. The maximum absolute atomic E-state index is 2.63.